The lowest BCUT2D eigenvalue weighted by Crippen LogP contribution is -2.51. The maximum Gasteiger partial charge on any atom is 0.354 e. The Hall–Kier alpha value is -2.93. The van der Waals surface area contributed by atoms with E-state index in [2.05, 4.69) is 51.7 Å². The first-order valence-electron chi connectivity index (χ1n) is 13.8. The third kappa shape index (κ3) is 4.38. The van der Waals surface area contributed by atoms with E-state index >= 15 is 0 Å². The second-order valence-corrected chi connectivity index (χ2v) is 11.0. The van der Waals surface area contributed by atoms with Gasteiger partial charge < -0.3 is 10.0 Å². The number of carbonyl (C=O) groups is 1. The van der Waals surface area contributed by atoms with Crippen LogP contribution in [0.5, 0.6) is 0 Å². The van der Waals surface area contributed by atoms with E-state index in [0.29, 0.717) is 18.0 Å². The molecule has 2 saturated carbocycles. The molecule has 2 aliphatic carbocycles. The van der Waals surface area contributed by atoms with Crippen molar-refractivity contribution in [2.45, 2.75) is 82.8 Å². The fourth-order valence-electron chi connectivity index (χ4n) is 6.32. The molecule has 3 aliphatic rings. The zero-order valence-corrected chi connectivity index (χ0v) is 21.3. The van der Waals surface area contributed by atoms with Crippen LogP contribution in [-0.2, 0) is 6.54 Å². The van der Waals surface area contributed by atoms with Crippen LogP contribution in [0.15, 0.2) is 36.4 Å². The highest BCUT2D eigenvalue weighted by molar-refractivity contribution is 5.98. The third-order valence-corrected chi connectivity index (χ3v) is 8.63. The lowest BCUT2D eigenvalue weighted by Gasteiger charge is -2.41. The fraction of sp³-hybridized carbons (Fsp3) is 0.552. The van der Waals surface area contributed by atoms with Crippen LogP contribution in [0.1, 0.15) is 92.0 Å². The minimum atomic E-state index is -0.962. The molecule has 3 fully saturated rings. The molecule has 0 unspecified atom stereocenters. The number of hydrogen-bond donors (Lipinski definition) is 1. The summed E-state index contributed by atoms with van der Waals surface area (Å²) in [5.74, 6) is -0.499. The molecule has 7 heteroatoms. The van der Waals surface area contributed by atoms with Crippen molar-refractivity contribution < 1.29 is 9.90 Å². The second kappa shape index (κ2) is 9.85. The number of aromatic carboxylic acids is 1. The quantitative estimate of drug-likeness (QED) is 0.487. The molecule has 0 bridgehead atoms. The molecule has 2 aromatic heterocycles. The highest BCUT2D eigenvalue weighted by Crippen LogP contribution is 2.44. The van der Waals surface area contributed by atoms with Crippen LogP contribution in [0.2, 0.25) is 0 Å². The molecular formula is C29H37N5O2. The molecule has 190 valence electrons. The number of nitrogens with zero attached hydrogens (tertiary/aromatic N) is 5. The summed E-state index contributed by atoms with van der Waals surface area (Å²) in [6.07, 6.45) is 9.46. The van der Waals surface area contributed by atoms with E-state index in [-0.39, 0.29) is 5.69 Å². The Morgan fingerprint density at radius 2 is 1.81 bits per heavy atom. The van der Waals surface area contributed by atoms with Gasteiger partial charge in [0.2, 0.25) is 0 Å². The number of pyridine rings is 1. The Morgan fingerprint density at radius 1 is 1.03 bits per heavy atom. The number of piperazine rings is 1. The minimum absolute atomic E-state index is 0.133. The van der Waals surface area contributed by atoms with Gasteiger partial charge in [-0.3, -0.25) is 4.90 Å². The van der Waals surface area contributed by atoms with E-state index in [9.17, 15) is 9.90 Å². The van der Waals surface area contributed by atoms with Crippen molar-refractivity contribution in [3.05, 3.63) is 53.3 Å². The predicted octanol–water partition coefficient (Wildman–Crippen LogP) is 5.61. The van der Waals surface area contributed by atoms with Gasteiger partial charge in [0, 0.05) is 38.1 Å². The molecule has 1 atom stereocenters. The first-order valence-corrected chi connectivity index (χ1v) is 13.8. The lowest BCUT2D eigenvalue weighted by molar-refractivity contribution is 0.0690. The Bertz CT molecular complexity index is 1230. The predicted molar refractivity (Wildman–Crippen MR) is 142 cm³/mol. The monoisotopic (exact) mass is 487 g/mol. The molecule has 0 spiro atoms. The van der Waals surface area contributed by atoms with Gasteiger partial charge in [-0.05, 0) is 44.2 Å². The van der Waals surface area contributed by atoms with E-state index in [1.165, 1.54) is 31.2 Å². The molecule has 1 aromatic carbocycles. The largest absolute Gasteiger partial charge is 0.477 e. The molecule has 1 N–H and O–H groups in total. The Morgan fingerprint density at radius 3 is 2.47 bits per heavy atom. The first kappa shape index (κ1) is 23.5. The summed E-state index contributed by atoms with van der Waals surface area (Å²) in [5, 5.41) is 16.3. The molecule has 1 saturated heterocycles. The van der Waals surface area contributed by atoms with Crippen LogP contribution in [0.25, 0.3) is 11.0 Å². The zero-order chi connectivity index (χ0) is 24.6. The normalized spacial score (nSPS) is 22.1. The highest BCUT2D eigenvalue weighted by Gasteiger charge is 2.33. The standard InChI is InChI=1S/C29H37N5O2/c1-20-18-33(16-15-32(20)19-21-9-4-2-5-10-21)25-17-24(29(35)36)30-28-26(25)27(22-11-8-12-22)31-34(28)23-13-6-3-7-14-23/h2,4-5,9-10,17,20,22-23H,3,6-8,11-16,18-19H2,1H3,(H,35,36)/t20-/m1/s1. The van der Waals surface area contributed by atoms with Crippen LogP contribution in [0.4, 0.5) is 5.69 Å². The van der Waals surface area contributed by atoms with Crippen molar-refractivity contribution in [3.8, 4) is 0 Å². The Labute approximate surface area is 213 Å². The number of benzene rings is 1. The van der Waals surface area contributed by atoms with Gasteiger partial charge in [-0.2, -0.15) is 5.10 Å². The van der Waals surface area contributed by atoms with Gasteiger partial charge in [-0.1, -0.05) is 56.0 Å². The van der Waals surface area contributed by atoms with Crippen LogP contribution in [0, 0.1) is 0 Å². The molecule has 3 heterocycles. The van der Waals surface area contributed by atoms with Crippen LogP contribution in [0.3, 0.4) is 0 Å². The lowest BCUT2D eigenvalue weighted by atomic mass is 9.82. The average molecular weight is 488 g/mol. The van der Waals surface area contributed by atoms with Gasteiger partial charge in [0.05, 0.1) is 22.8 Å². The van der Waals surface area contributed by atoms with E-state index < -0.39 is 5.97 Å². The summed E-state index contributed by atoms with van der Waals surface area (Å²) in [6, 6.07) is 13.1. The van der Waals surface area contributed by atoms with E-state index in [1.807, 2.05) is 6.07 Å². The molecule has 1 aliphatic heterocycles. The number of hydrogen-bond acceptors (Lipinski definition) is 5. The topological polar surface area (TPSA) is 74.5 Å². The van der Waals surface area contributed by atoms with Crippen LogP contribution in [-0.4, -0.2) is 56.4 Å². The van der Waals surface area contributed by atoms with E-state index in [1.54, 1.807) is 0 Å². The van der Waals surface area contributed by atoms with Crippen molar-refractivity contribution in [2.24, 2.45) is 0 Å². The maximum absolute atomic E-state index is 12.2. The minimum Gasteiger partial charge on any atom is -0.477 e. The number of anilines is 1. The van der Waals surface area contributed by atoms with Gasteiger partial charge in [0.15, 0.2) is 11.3 Å². The van der Waals surface area contributed by atoms with Gasteiger partial charge in [-0.15, -0.1) is 0 Å². The summed E-state index contributed by atoms with van der Waals surface area (Å²) in [6.45, 7) is 5.90. The van der Waals surface area contributed by atoms with Gasteiger partial charge in [0.25, 0.3) is 0 Å². The number of carboxylic acid groups (broad SMARTS) is 1. The Balaban J connectivity index is 1.38. The number of aromatic nitrogens is 3. The summed E-state index contributed by atoms with van der Waals surface area (Å²) in [4.78, 5) is 21.8. The van der Waals surface area contributed by atoms with Crippen molar-refractivity contribution in [1.82, 2.24) is 19.7 Å². The van der Waals surface area contributed by atoms with Gasteiger partial charge in [-0.25, -0.2) is 14.5 Å². The van der Waals surface area contributed by atoms with E-state index in [4.69, 9.17) is 10.1 Å². The zero-order valence-electron chi connectivity index (χ0n) is 21.3. The van der Waals surface area contributed by atoms with Crippen molar-refractivity contribution in [3.63, 3.8) is 0 Å². The highest BCUT2D eigenvalue weighted by atomic mass is 16.4. The fourth-order valence-corrected chi connectivity index (χ4v) is 6.32. The Kier molecular flexibility index (Phi) is 6.42. The number of carboxylic acids is 1. The summed E-state index contributed by atoms with van der Waals surface area (Å²) >= 11 is 0. The van der Waals surface area contributed by atoms with Crippen molar-refractivity contribution >= 4 is 22.7 Å². The number of rotatable bonds is 6. The number of fused-ring (bicyclic) bond motifs is 1. The molecular weight excluding hydrogens is 450 g/mol. The van der Waals surface area contributed by atoms with Crippen LogP contribution < -0.4 is 4.90 Å². The van der Waals surface area contributed by atoms with Crippen molar-refractivity contribution in [1.29, 1.82) is 0 Å². The smallest absolute Gasteiger partial charge is 0.354 e. The molecule has 0 radical (unpaired) electrons. The van der Waals surface area contributed by atoms with Crippen LogP contribution >= 0.6 is 0 Å². The molecule has 3 aromatic rings. The van der Waals surface area contributed by atoms with E-state index in [0.717, 1.165) is 74.3 Å². The second-order valence-electron chi connectivity index (χ2n) is 11.0. The molecule has 36 heavy (non-hydrogen) atoms. The molecule has 7 nitrogen and oxygen atoms in total. The molecule has 0 amide bonds. The average Bonchev–Trinajstić information content (AvgIpc) is 3.24. The molecule has 6 rings (SSSR count). The van der Waals surface area contributed by atoms with Gasteiger partial charge in [0.1, 0.15) is 0 Å². The SMILES string of the molecule is C[C@@H]1CN(c2cc(C(=O)O)nc3c2c(C2CCC2)nn3C2CCCCC2)CCN1Cc1ccccc1. The summed E-state index contributed by atoms with van der Waals surface area (Å²) < 4.78 is 2.12. The summed E-state index contributed by atoms with van der Waals surface area (Å²) in [5.41, 5.74) is 4.43. The van der Waals surface area contributed by atoms with Gasteiger partial charge >= 0.3 is 5.97 Å². The summed E-state index contributed by atoms with van der Waals surface area (Å²) in [7, 11) is 0. The van der Waals surface area contributed by atoms with Crippen molar-refractivity contribution in [2.75, 3.05) is 24.5 Å². The first-order chi connectivity index (χ1) is 17.6. The maximum atomic E-state index is 12.2. The third-order valence-electron chi connectivity index (χ3n) is 8.63.